The number of benzene rings is 1. The Hall–Kier alpha value is -3.41. The molecule has 0 aliphatic carbocycles. The van der Waals surface area contributed by atoms with E-state index in [1.807, 2.05) is 36.1 Å². The monoisotopic (exact) mass is 403 g/mol. The van der Waals surface area contributed by atoms with Gasteiger partial charge in [-0.15, -0.1) is 0 Å². The maximum Gasteiger partial charge on any atom is 0.123 e. The van der Waals surface area contributed by atoms with Crippen molar-refractivity contribution in [2.45, 2.75) is 40.0 Å². The predicted octanol–water partition coefficient (Wildman–Crippen LogP) is 5.08. The molecule has 0 N–H and O–H groups in total. The van der Waals surface area contributed by atoms with Crippen LogP contribution in [-0.2, 0) is 12.8 Å². The van der Waals surface area contributed by atoms with Gasteiger partial charge in [0.05, 0.1) is 23.4 Å². The van der Waals surface area contributed by atoms with E-state index in [1.54, 1.807) is 18.6 Å². The molecule has 0 spiro atoms. The molecule has 0 unspecified atom stereocenters. The molecule has 0 amide bonds. The average molecular weight is 404 g/mol. The van der Waals surface area contributed by atoms with E-state index < -0.39 is 0 Å². The Morgan fingerprint density at radius 1 is 1.00 bits per heavy atom. The van der Waals surface area contributed by atoms with Crippen LogP contribution >= 0.6 is 0 Å². The molecule has 0 bridgehead atoms. The maximum atomic E-state index is 13.2. The number of rotatable bonds is 6. The molecule has 0 saturated carbocycles. The summed E-state index contributed by atoms with van der Waals surface area (Å²) < 4.78 is 15.3. The molecule has 0 fully saturated rings. The average Bonchev–Trinajstić information content (AvgIpc) is 3.15. The van der Waals surface area contributed by atoms with Crippen molar-refractivity contribution in [2.75, 3.05) is 0 Å². The summed E-state index contributed by atoms with van der Waals surface area (Å²) in [4.78, 5) is 17.7. The molecule has 3 heterocycles. The van der Waals surface area contributed by atoms with E-state index in [9.17, 15) is 4.39 Å². The van der Waals surface area contributed by atoms with Gasteiger partial charge in [-0.1, -0.05) is 26.5 Å². The van der Waals surface area contributed by atoms with Crippen LogP contribution in [0.3, 0.4) is 0 Å². The van der Waals surface area contributed by atoms with Gasteiger partial charge in [0.15, 0.2) is 0 Å². The first-order valence-electron chi connectivity index (χ1n) is 9.58. The van der Waals surface area contributed by atoms with Crippen LogP contribution < -0.4 is 0 Å². The van der Waals surface area contributed by atoms with Gasteiger partial charge in [-0.3, -0.25) is 15.0 Å². The zero-order valence-electron chi connectivity index (χ0n) is 16.5. The summed E-state index contributed by atoms with van der Waals surface area (Å²) in [6, 6.07) is 10.8. The molecule has 3 aromatic heterocycles. The standard InChI is InChI=1S/C23H22FN5.CH4/c1-16(18-3-5-19(24)6-4-18)9-20-11-23(29-14-17(2)27-15-29)12-21(28-20)10-22-13-25-7-8-26-22;/h3-8,11-16H,9-10H2,1-2H3;1H4/t16-;/m1./s1. The van der Waals surface area contributed by atoms with Gasteiger partial charge < -0.3 is 4.57 Å². The van der Waals surface area contributed by atoms with Gasteiger partial charge in [0.1, 0.15) is 5.82 Å². The first-order chi connectivity index (χ1) is 14.1. The number of aromatic nitrogens is 5. The fraction of sp³-hybridized carbons (Fsp3) is 0.250. The fourth-order valence-electron chi connectivity index (χ4n) is 3.37. The Kier molecular flexibility index (Phi) is 6.67. The van der Waals surface area contributed by atoms with E-state index in [2.05, 4.69) is 34.0 Å². The summed E-state index contributed by atoms with van der Waals surface area (Å²) in [5.74, 6) is -0.00459. The quantitative estimate of drug-likeness (QED) is 0.451. The molecule has 4 rings (SSSR count). The van der Waals surface area contributed by atoms with E-state index in [-0.39, 0.29) is 19.2 Å². The third-order valence-electron chi connectivity index (χ3n) is 4.86. The van der Waals surface area contributed by atoms with Crippen LogP contribution in [0.1, 0.15) is 48.6 Å². The molecule has 0 aliphatic heterocycles. The van der Waals surface area contributed by atoms with E-state index >= 15 is 0 Å². The van der Waals surface area contributed by atoms with Crippen molar-refractivity contribution in [1.82, 2.24) is 24.5 Å². The van der Waals surface area contributed by atoms with Gasteiger partial charge in [0.25, 0.3) is 0 Å². The van der Waals surface area contributed by atoms with Crippen LogP contribution in [0.4, 0.5) is 4.39 Å². The first-order valence-corrected chi connectivity index (χ1v) is 9.58. The van der Waals surface area contributed by atoms with Crippen molar-refractivity contribution < 1.29 is 4.39 Å². The van der Waals surface area contributed by atoms with E-state index in [4.69, 9.17) is 4.98 Å². The molecular weight excluding hydrogens is 377 g/mol. The van der Waals surface area contributed by atoms with Gasteiger partial charge in [0, 0.05) is 42.6 Å². The lowest BCUT2D eigenvalue weighted by Gasteiger charge is -2.14. The van der Waals surface area contributed by atoms with Crippen LogP contribution in [0.5, 0.6) is 0 Å². The lowest BCUT2D eigenvalue weighted by Crippen LogP contribution is -2.06. The van der Waals surface area contributed by atoms with Crippen molar-refractivity contribution in [3.8, 4) is 5.69 Å². The zero-order valence-corrected chi connectivity index (χ0v) is 16.5. The molecule has 0 saturated heterocycles. The summed E-state index contributed by atoms with van der Waals surface area (Å²) in [5, 5.41) is 0. The van der Waals surface area contributed by atoms with Crippen LogP contribution in [0.2, 0.25) is 0 Å². The summed E-state index contributed by atoms with van der Waals surface area (Å²) in [7, 11) is 0. The predicted molar refractivity (Wildman–Crippen MR) is 116 cm³/mol. The molecule has 0 aliphatic rings. The number of hydrogen-bond acceptors (Lipinski definition) is 4. The van der Waals surface area contributed by atoms with Gasteiger partial charge in [0.2, 0.25) is 0 Å². The fourth-order valence-corrected chi connectivity index (χ4v) is 3.37. The van der Waals surface area contributed by atoms with Crippen LogP contribution in [0.25, 0.3) is 5.69 Å². The molecule has 5 nitrogen and oxygen atoms in total. The Bertz CT molecular complexity index is 1090. The summed E-state index contributed by atoms with van der Waals surface area (Å²) in [6.07, 6.45) is 10.3. The zero-order chi connectivity index (χ0) is 20.2. The van der Waals surface area contributed by atoms with Crippen LogP contribution in [0.15, 0.2) is 67.5 Å². The van der Waals surface area contributed by atoms with Crippen molar-refractivity contribution >= 4 is 0 Å². The van der Waals surface area contributed by atoms with Crippen molar-refractivity contribution in [2.24, 2.45) is 0 Å². The molecule has 4 aromatic rings. The summed E-state index contributed by atoms with van der Waals surface area (Å²) in [6.45, 7) is 4.10. The number of imidazole rings is 1. The smallest absolute Gasteiger partial charge is 0.123 e. The number of nitrogens with zero attached hydrogens (tertiary/aromatic N) is 5. The first kappa shape index (κ1) is 21.3. The van der Waals surface area contributed by atoms with E-state index in [0.29, 0.717) is 6.42 Å². The summed E-state index contributed by atoms with van der Waals surface area (Å²) >= 11 is 0. The normalized spacial score (nSPS) is 11.7. The lowest BCUT2D eigenvalue weighted by atomic mass is 9.95. The van der Waals surface area contributed by atoms with E-state index in [0.717, 1.165) is 40.4 Å². The van der Waals surface area contributed by atoms with Crippen LogP contribution in [-0.4, -0.2) is 24.5 Å². The molecule has 1 aromatic carbocycles. The third kappa shape index (κ3) is 5.14. The minimum absolute atomic E-state index is 0. The molecule has 30 heavy (non-hydrogen) atoms. The lowest BCUT2D eigenvalue weighted by molar-refractivity contribution is 0.625. The van der Waals surface area contributed by atoms with E-state index in [1.165, 1.54) is 12.1 Å². The number of aryl methyl sites for hydroxylation is 1. The van der Waals surface area contributed by atoms with Gasteiger partial charge in [-0.25, -0.2) is 9.37 Å². The highest BCUT2D eigenvalue weighted by molar-refractivity contribution is 5.37. The molecule has 0 radical (unpaired) electrons. The van der Waals surface area contributed by atoms with Crippen molar-refractivity contribution in [1.29, 1.82) is 0 Å². The topological polar surface area (TPSA) is 56.5 Å². The Labute approximate surface area is 176 Å². The largest absolute Gasteiger partial charge is 0.306 e. The Morgan fingerprint density at radius 3 is 2.43 bits per heavy atom. The number of pyridine rings is 1. The highest BCUT2D eigenvalue weighted by Gasteiger charge is 2.12. The molecule has 6 heteroatoms. The molecule has 1 atom stereocenters. The number of halogens is 1. The molecular formula is C24H26FN5. The minimum Gasteiger partial charge on any atom is -0.306 e. The van der Waals surface area contributed by atoms with Gasteiger partial charge >= 0.3 is 0 Å². The van der Waals surface area contributed by atoms with Crippen LogP contribution in [0, 0.1) is 12.7 Å². The second kappa shape index (κ2) is 9.39. The Morgan fingerprint density at radius 2 is 1.77 bits per heavy atom. The maximum absolute atomic E-state index is 13.2. The molecule has 154 valence electrons. The highest BCUT2D eigenvalue weighted by Crippen LogP contribution is 2.22. The number of hydrogen-bond donors (Lipinski definition) is 0. The highest BCUT2D eigenvalue weighted by atomic mass is 19.1. The van der Waals surface area contributed by atoms with Gasteiger partial charge in [-0.05, 0) is 49.1 Å². The Balaban J connectivity index is 0.00000256. The second-order valence-corrected chi connectivity index (χ2v) is 7.26. The van der Waals surface area contributed by atoms with Crippen molar-refractivity contribution in [3.05, 3.63) is 102 Å². The summed E-state index contributed by atoms with van der Waals surface area (Å²) in [5.41, 5.74) is 5.84. The van der Waals surface area contributed by atoms with Gasteiger partial charge in [-0.2, -0.15) is 0 Å². The minimum atomic E-state index is -0.220. The second-order valence-electron chi connectivity index (χ2n) is 7.26. The van der Waals surface area contributed by atoms with Crippen molar-refractivity contribution in [3.63, 3.8) is 0 Å². The SMILES string of the molecule is C.Cc1cn(-c2cc(Cc3cnccn3)nc(C[C@@H](C)c3ccc(F)cc3)c2)cn1. The third-order valence-corrected chi connectivity index (χ3v) is 4.86.